The summed E-state index contributed by atoms with van der Waals surface area (Å²) in [6, 6.07) is 9.02. The lowest BCUT2D eigenvalue weighted by Gasteiger charge is -2.13. The number of carbonyl (C=O) groups is 2. The Bertz CT molecular complexity index is 1200. The van der Waals surface area contributed by atoms with Crippen molar-refractivity contribution in [2.24, 2.45) is 0 Å². The van der Waals surface area contributed by atoms with Gasteiger partial charge in [-0.15, -0.1) is 0 Å². The summed E-state index contributed by atoms with van der Waals surface area (Å²) in [5, 5.41) is 0.277. The number of benzene rings is 2. The Morgan fingerprint density at radius 3 is 2.44 bits per heavy atom. The molecule has 0 saturated carbocycles. The lowest BCUT2D eigenvalue weighted by atomic mass is 10.1. The molecule has 0 atom stereocenters. The van der Waals surface area contributed by atoms with Gasteiger partial charge in [-0.25, -0.2) is 4.98 Å². The first-order chi connectivity index (χ1) is 15.2. The molecule has 1 aromatic heterocycles. The summed E-state index contributed by atoms with van der Waals surface area (Å²) in [5.41, 5.74) is -0.506. The van der Waals surface area contributed by atoms with E-state index in [9.17, 15) is 31.9 Å². The molecule has 0 radical (unpaired) electrons. The van der Waals surface area contributed by atoms with E-state index in [1.54, 1.807) is 18.2 Å². The van der Waals surface area contributed by atoms with Gasteiger partial charge in [0.15, 0.2) is 6.61 Å². The number of halogens is 4. The molecule has 0 amide bonds. The third kappa shape index (κ3) is 5.59. The van der Waals surface area contributed by atoms with Crippen LogP contribution in [0, 0.1) is 0 Å². The second-order valence-corrected chi connectivity index (χ2v) is 6.19. The molecule has 32 heavy (non-hydrogen) atoms. The summed E-state index contributed by atoms with van der Waals surface area (Å²) in [6.07, 6.45) is 1.14. The maximum absolute atomic E-state index is 12.6. The highest BCUT2D eigenvalue weighted by molar-refractivity contribution is 6.00. The van der Waals surface area contributed by atoms with E-state index < -0.39 is 60.7 Å². The Morgan fingerprint density at radius 2 is 1.72 bits per heavy atom. The molecule has 0 aliphatic carbocycles. The van der Waals surface area contributed by atoms with Crippen molar-refractivity contribution < 1.29 is 41.4 Å². The molecule has 0 saturated heterocycles. The van der Waals surface area contributed by atoms with Gasteiger partial charge >= 0.3 is 19.2 Å². The number of Topliss-reactive ketones (excluding diaryl/α,β-unsaturated/α-hetero) is 1. The lowest BCUT2D eigenvalue weighted by Crippen LogP contribution is -2.27. The van der Waals surface area contributed by atoms with Crippen LogP contribution >= 0.6 is 0 Å². The van der Waals surface area contributed by atoms with Gasteiger partial charge in [0, 0.05) is 6.07 Å². The monoisotopic (exact) mass is 454 g/mol. The Labute approximate surface area is 176 Å². The SMILES string of the molecule is O=C(Cn1cnc2ccccc2c1=O)OCC(=O)c1ccc(OC(F)F)cc1OC(F)F. The summed E-state index contributed by atoms with van der Waals surface area (Å²) >= 11 is 0. The zero-order valence-electron chi connectivity index (χ0n) is 16.0. The van der Waals surface area contributed by atoms with Crippen LogP contribution in [0.25, 0.3) is 10.9 Å². The maximum atomic E-state index is 12.6. The normalized spacial score (nSPS) is 11.1. The average molecular weight is 454 g/mol. The minimum Gasteiger partial charge on any atom is -0.456 e. The first-order valence-electron chi connectivity index (χ1n) is 8.91. The van der Waals surface area contributed by atoms with Crippen LogP contribution in [-0.4, -0.2) is 41.1 Å². The number of carbonyl (C=O) groups excluding carboxylic acids is 2. The van der Waals surface area contributed by atoms with Crippen molar-refractivity contribution in [2.75, 3.05) is 6.61 Å². The number of esters is 1. The molecular formula is C20H14F4N2O6. The van der Waals surface area contributed by atoms with E-state index in [2.05, 4.69) is 14.5 Å². The van der Waals surface area contributed by atoms with E-state index >= 15 is 0 Å². The highest BCUT2D eigenvalue weighted by atomic mass is 19.3. The molecule has 0 bridgehead atoms. The number of nitrogens with zero attached hydrogens (tertiary/aromatic N) is 2. The Hall–Kier alpha value is -3.96. The van der Waals surface area contributed by atoms with E-state index in [0.29, 0.717) is 11.6 Å². The molecule has 8 nitrogen and oxygen atoms in total. The number of aromatic nitrogens is 2. The number of fused-ring (bicyclic) bond motifs is 1. The van der Waals surface area contributed by atoms with Crippen molar-refractivity contribution in [2.45, 2.75) is 19.8 Å². The van der Waals surface area contributed by atoms with E-state index in [-0.39, 0.29) is 5.39 Å². The number of hydrogen-bond donors (Lipinski definition) is 0. The molecule has 2 aromatic carbocycles. The first-order valence-corrected chi connectivity index (χ1v) is 8.91. The molecular weight excluding hydrogens is 440 g/mol. The number of ether oxygens (including phenoxy) is 3. The van der Waals surface area contributed by atoms with E-state index in [1.165, 1.54) is 6.07 Å². The maximum Gasteiger partial charge on any atom is 0.387 e. The van der Waals surface area contributed by atoms with Crippen molar-refractivity contribution in [1.29, 1.82) is 0 Å². The first kappa shape index (κ1) is 22.7. The lowest BCUT2D eigenvalue weighted by molar-refractivity contribution is -0.143. The van der Waals surface area contributed by atoms with Crippen molar-refractivity contribution in [3.63, 3.8) is 0 Å². The van der Waals surface area contributed by atoms with Gasteiger partial charge in [0.25, 0.3) is 5.56 Å². The van der Waals surface area contributed by atoms with Crippen molar-refractivity contribution in [3.8, 4) is 11.5 Å². The second kappa shape index (κ2) is 9.90. The predicted molar refractivity (Wildman–Crippen MR) is 101 cm³/mol. The predicted octanol–water partition coefficient (Wildman–Crippen LogP) is 3.03. The quantitative estimate of drug-likeness (QED) is 0.279. The summed E-state index contributed by atoms with van der Waals surface area (Å²) in [7, 11) is 0. The number of rotatable bonds is 9. The molecule has 0 unspecified atom stereocenters. The molecule has 168 valence electrons. The molecule has 0 fully saturated rings. The highest BCUT2D eigenvalue weighted by Crippen LogP contribution is 2.28. The largest absolute Gasteiger partial charge is 0.456 e. The van der Waals surface area contributed by atoms with Crippen LogP contribution in [0.5, 0.6) is 11.5 Å². The van der Waals surface area contributed by atoms with Gasteiger partial charge in [0.2, 0.25) is 5.78 Å². The van der Waals surface area contributed by atoms with Gasteiger partial charge in [-0.3, -0.25) is 19.0 Å². The number of para-hydroxylation sites is 1. The Morgan fingerprint density at radius 1 is 1.00 bits per heavy atom. The zero-order chi connectivity index (χ0) is 23.3. The minimum absolute atomic E-state index is 0.277. The molecule has 12 heteroatoms. The molecule has 1 heterocycles. The fourth-order valence-electron chi connectivity index (χ4n) is 2.73. The molecule has 0 spiro atoms. The molecule has 0 aliphatic rings. The van der Waals surface area contributed by atoms with Crippen molar-refractivity contribution in [1.82, 2.24) is 9.55 Å². The second-order valence-electron chi connectivity index (χ2n) is 6.19. The smallest absolute Gasteiger partial charge is 0.387 e. The molecule has 3 rings (SSSR count). The van der Waals surface area contributed by atoms with Gasteiger partial charge in [-0.1, -0.05) is 12.1 Å². The van der Waals surface area contributed by atoms with Crippen LogP contribution in [0.3, 0.4) is 0 Å². The molecule has 0 N–H and O–H groups in total. The number of hydrogen-bond acceptors (Lipinski definition) is 7. The van der Waals surface area contributed by atoms with Gasteiger partial charge in [-0.2, -0.15) is 17.6 Å². The highest BCUT2D eigenvalue weighted by Gasteiger charge is 2.20. The van der Waals surface area contributed by atoms with E-state index in [4.69, 9.17) is 4.74 Å². The zero-order valence-corrected chi connectivity index (χ0v) is 16.0. The minimum atomic E-state index is -3.35. The summed E-state index contributed by atoms with van der Waals surface area (Å²) in [4.78, 5) is 40.8. The summed E-state index contributed by atoms with van der Waals surface area (Å²) < 4.78 is 63.9. The van der Waals surface area contributed by atoms with Gasteiger partial charge in [-0.05, 0) is 24.3 Å². The van der Waals surface area contributed by atoms with Crippen LogP contribution in [0.15, 0.2) is 53.6 Å². The van der Waals surface area contributed by atoms with Crippen LogP contribution in [0.1, 0.15) is 10.4 Å². The van der Waals surface area contributed by atoms with Crippen LogP contribution in [0.2, 0.25) is 0 Å². The molecule has 0 aliphatic heterocycles. The van der Waals surface area contributed by atoms with E-state index in [0.717, 1.165) is 23.0 Å². The summed E-state index contributed by atoms with van der Waals surface area (Å²) in [6.45, 7) is -7.99. The van der Waals surface area contributed by atoms with Crippen LogP contribution < -0.4 is 15.0 Å². The third-order valence-electron chi connectivity index (χ3n) is 4.09. The fraction of sp³-hybridized carbons (Fsp3) is 0.200. The number of ketones is 1. The topological polar surface area (TPSA) is 96.7 Å². The summed E-state index contributed by atoms with van der Waals surface area (Å²) in [5.74, 6) is -3.14. The van der Waals surface area contributed by atoms with Crippen LogP contribution in [0.4, 0.5) is 17.6 Å². The van der Waals surface area contributed by atoms with Gasteiger partial charge in [0.1, 0.15) is 18.0 Å². The van der Waals surface area contributed by atoms with Crippen molar-refractivity contribution in [3.05, 3.63) is 64.7 Å². The Kier molecular flexibility index (Phi) is 7.03. The fourth-order valence-corrected chi connectivity index (χ4v) is 2.73. The molecule has 3 aromatic rings. The standard InChI is InChI=1S/C20H14F4N2O6/c21-19(22)31-11-5-6-13(16(7-11)32-20(23)24)15(27)9-30-17(28)8-26-10-25-14-4-2-1-3-12(14)18(26)29/h1-7,10,19-20H,8-9H2. The third-order valence-corrected chi connectivity index (χ3v) is 4.09. The van der Waals surface area contributed by atoms with E-state index in [1.807, 2.05) is 0 Å². The average Bonchev–Trinajstić information content (AvgIpc) is 2.73. The Balaban J connectivity index is 1.69. The van der Waals surface area contributed by atoms with Crippen LogP contribution in [-0.2, 0) is 16.1 Å². The van der Waals surface area contributed by atoms with Gasteiger partial charge in [0.05, 0.1) is 22.8 Å². The van der Waals surface area contributed by atoms with Gasteiger partial charge < -0.3 is 14.2 Å². The number of alkyl halides is 4. The van der Waals surface area contributed by atoms with Crippen molar-refractivity contribution >= 4 is 22.7 Å².